The number of hydrogen-bond donors (Lipinski definition) is 2. The molecule has 2 aromatic rings. The van der Waals surface area contributed by atoms with Crippen LogP contribution in [0.3, 0.4) is 0 Å². The Morgan fingerprint density at radius 3 is 2.77 bits per heavy atom. The minimum Gasteiger partial charge on any atom is -0.465 e. The number of carbonyl (C=O) groups excluding carboxylic acids is 3. The normalized spacial score (nSPS) is 15.2. The summed E-state index contributed by atoms with van der Waals surface area (Å²) in [7, 11) is 1.34. The van der Waals surface area contributed by atoms with Crippen LogP contribution in [0, 0.1) is 5.92 Å². The molecule has 3 rings (SSSR count). The van der Waals surface area contributed by atoms with E-state index in [1.165, 1.54) is 30.2 Å². The molecule has 0 fully saturated rings. The third-order valence-corrected chi connectivity index (χ3v) is 7.51. The van der Waals surface area contributed by atoms with Gasteiger partial charge in [0.05, 0.1) is 25.0 Å². The van der Waals surface area contributed by atoms with Gasteiger partial charge >= 0.3 is 12.1 Å². The summed E-state index contributed by atoms with van der Waals surface area (Å²) in [5.41, 5.74) is 1.46. The monoisotopic (exact) mass is 470 g/mol. The fourth-order valence-corrected chi connectivity index (χ4v) is 5.97. The van der Waals surface area contributed by atoms with Crippen LogP contribution in [0.2, 0.25) is 0 Å². The number of methoxy groups -OCH3 is 1. The first-order chi connectivity index (χ1) is 14.4. The Hall–Kier alpha value is -2.18. The van der Waals surface area contributed by atoms with E-state index in [4.69, 9.17) is 9.47 Å². The summed E-state index contributed by atoms with van der Waals surface area (Å²) in [5, 5.41) is 13.9. The second-order valence-corrected chi connectivity index (χ2v) is 9.91. The van der Waals surface area contributed by atoms with E-state index in [1.54, 1.807) is 6.92 Å². The zero-order valence-electron chi connectivity index (χ0n) is 16.8. The van der Waals surface area contributed by atoms with Crippen LogP contribution < -0.4 is 10.6 Å². The average Bonchev–Trinajstić information content (AvgIpc) is 3.29. The minimum atomic E-state index is -0.603. The number of aromatic nitrogens is 2. The lowest BCUT2D eigenvalue weighted by Gasteiger charge is -2.18. The minimum absolute atomic E-state index is 0.0909. The van der Waals surface area contributed by atoms with Crippen molar-refractivity contribution >= 4 is 62.5 Å². The van der Waals surface area contributed by atoms with E-state index >= 15 is 0 Å². The maximum Gasteiger partial charge on any atom is 0.413 e. The van der Waals surface area contributed by atoms with Gasteiger partial charge in [-0.05, 0) is 37.7 Å². The number of nitrogens with zero attached hydrogens (tertiary/aromatic N) is 2. The number of thioether (sulfide) groups is 1. The van der Waals surface area contributed by atoms with E-state index < -0.39 is 12.1 Å². The lowest BCUT2D eigenvalue weighted by Crippen LogP contribution is -2.17. The number of esters is 1. The molecule has 2 heterocycles. The van der Waals surface area contributed by atoms with E-state index in [9.17, 15) is 14.4 Å². The van der Waals surface area contributed by atoms with Crippen LogP contribution in [0.4, 0.5) is 14.9 Å². The average molecular weight is 471 g/mol. The molecule has 2 N–H and O–H groups in total. The molecular formula is C18H22N4O5S3. The molecule has 12 heteroatoms. The first-order valence-corrected chi connectivity index (χ1v) is 12.0. The molecule has 0 bridgehead atoms. The molecule has 9 nitrogen and oxygen atoms in total. The third-order valence-electron chi connectivity index (χ3n) is 4.37. The van der Waals surface area contributed by atoms with E-state index in [0.29, 0.717) is 26.0 Å². The van der Waals surface area contributed by atoms with Gasteiger partial charge in [-0.3, -0.25) is 10.1 Å². The highest BCUT2D eigenvalue weighted by Crippen LogP contribution is 2.40. The summed E-state index contributed by atoms with van der Waals surface area (Å²) < 4.78 is 10.3. The maximum absolute atomic E-state index is 12.5. The quantitative estimate of drug-likeness (QED) is 0.356. The predicted octanol–water partition coefficient (Wildman–Crippen LogP) is 3.81. The van der Waals surface area contributed by atoms with Gasteiger partial charge in [0.2, 0.25) is 11.0 Å². The number of carbonyl (C=O) groups is 3. The largest absolute Gasteiger partial charge is 0.465 e. The molecule has 1 aliphatic carbocycles. The highest BCUT2D eigenvalue weighted by atomic mass is 32.2. The van der Waals surface area contributed by atoms with Crippen LogP contribution in [0.15, 0.2) is 4.34 Å². The number of rotatable bonds is 7. The Balaban J connectivity index is 1.62. The molecule has 1 aliphatic rings. The van der Waals surface area contributed by atoms with Crippen molar-refractivity contribution in [2.75, 3.05) is 30.1 Å². The van der Waals surface area contributed by atoms with Crippen molar-refractivity contribution in [1.82, 2.24) is 10.2 Å². The van der Waals surface area contributed by atoms with Crippen molar-refractivity contribution < 1.29 is 23.9 Å². The molecule has 30 heavy (non-hydrogen) atoms. The molecule has 1 unspecified atom stereocenters. The summed E-state index contributed by atoms with van der Waals surface area (Å²) >= 11 is 3.79. The van der Waals surface area contributed by atoms with Gasteiger partial charge in [-0.1, -0.05) is 30.0 Å². The first kappa shape index (κ1) is 22.5. The van der Waals surface area contributed by atoms with Crippen LogP contribution in [0.5, 0.6) is 0 Å². The SMILES string of the molecule is CCOC(=O)Nc1nnc(SCC(=O)Nc2sc3c(c2C(=O)OC)CCC(C)C3)s1. The van der Waals surface area contributed by atoms with Crippen LogP contribution in [0.1, 0.15) is 41.1 Å². The molecular weight excluding hydrogens is 448 g/mol. The molecule has 2 amide bonds. The van der Waals surface area contributed by atoms with Crippen molar-refractivity contribution in [3.05, 3.63) is 16.0 Å². The van der Waals surface area contributed by atoms with Crippen LogP contribution in [-0.2, 0) is 27.1 Å². The van der Waals surface area contributed by atoms with Crippen LogP contribution in [0.25, 0.3) is 0 Å². The van der Waals surface area contributed by atoms with E-state index in [-0.39, 0.29) is 18.3 Å². The zero-order valence-corrected chi connectivity index (χ0v) is 19.2. The molecule has 0 saturated carbocycles. The van der Waals surface area contributed by atoms with Gasteiger partial charge < -0.3 is 14.8 Å². The van der Waals surface area contributed by atoms with Gasteiger partial charge in [0.25, 0.3) is 0 Å². The molecule has 162 valence electrons. The van der Waals surface area contributed by atoms with Gasteiger partial charge in [0, 0.05) is 4.88 Å². The van der Waals surface area contributed by atoms with Crippen molar-refractivity contribution in [2.45, 2.75) is 37.4 Å². The number of nitrogens with one attached hydrogen (secondary N) is 2. The van der Waals surface area contributed by atoms with Gasteiger partial charge in [-0.25, -0.2) is 9.59 Å². The topological polar surface area (TPSA) is 120 Å². The molecule has 0 aliphatic heterocycles. The predicted molar refractivity (Wildman–Crippen MR) is 117 cm³/mol. The highest BCUT2D eigenvalue weighted by Gasteiger charge is 2.28. The summed E-state index contributed by atoms with van der Waals surface area (Å²) in [6.07, 6.45) is 2.11. The van der Waals surface area contributed by atoms with E-state index in [0.717, 1.165) is 41.0 Å². The summed E-state index contributed by atoms with van der Waals surface area (Å²) in [6, 6.07) is 0. The van der Waals surface area contributed by atoms with Gasteiger partial charge in [-0.2, -0.15) is 0 Å². The lowest BCUT2D eigenvalue weighted by atomic mass is 9.88. The molecule has 1 atom stereocenters. The third kappa shape index (κ3) is 5.49. The molecule has 0 spiro atoms. The molecule has 0 radical (unpaired) electrons. The second kappa shape index (κ2) is 10.2. The van der Waals surface area contributed by atoms with Crippen molar-refractivity contribution in [2.24, 2.45) is 5.92 Å². The Labute approximate surface area is 185 Å². The standard InChI is InChI=1S/C18H22N4O5S3/c1-4-27-17(25)20-16-21-22-18(30-16)28-8-12(23)19-14-13(15(24)26-3)10-6-5-9(2)7-11(10)29-14/h9H,4-8H2,1-3H3,(H,19,23)(H,20,21,25). The van der Waals surface area contributed by atoms with Crippen molar-refractivity contribution in [3.63, 3.8) is 0 Å². The number of anilines is 2. The van der Waals surface area contributed by atoms with E-state index in [2.05, 4.69) is 27.8 Å². The summed E-state index contributed by atoms with van der Waals surface area (Å²) in [5.74, 6) is -0.0422. The Kier molecular flexibility index (Phi) is 7.67. The number of hydrogen-bond acceptors (Lipinski definition) is 10. The van der Waals surface area contributed by atoms with E-state index in [1.807, 2.05) is 0 Å². The first-order valence-electron chi connectivity index (χ1n) is 9.34. The second-order valence-electron chi connectivity index (χ2n) is 6.60. The zero-order chi connectivity index (χ0) is 21.7. The Morgan fingerprint density at radius 1 is 1.23 bits per heavy atom. The molecule has 2 aromatic heterocycles. The van der Waals surface area contributed by atoms with Crippen LogP contribution in [-0.4, -0.2) is 47.6 Å². The molecule has 0 saturated heterocycles. The Morgan fingerprint density at radius 2 is 2.03 bits per heavy atom. The van der Waals surface area contributed by atoms with Crippen LogP contribution >= 0.6 is 34.4 Å². The fraction of sp³-hybridized carbons (Fsp3) is 0.500. The number of ether oxygens (including phenoxy) is 2. The van der Waals surface area contributed by atoms with Gasteiger partial charge in [0.15, 0.2) is 4.34 Å². The van der Waals surface area contributed by atoms with Gasteiger partial charge in [-0.15, -0.1) is 21.5 Å². The maximum atomic E-state index is 12.5. The van der Waals surface area contributed by atoms with Crippen molar-refractivity contribution in [3.8, 4) is 0 Å². The smallest absolute Gasteiger partial charge is 0.413 e. The number of thiophene rings is 1. The Bertz CT molecular complexity index is 942. The molecule has 0 aromatic carbocycles. The number of fused-ring (bicyclic) bond motifs is 1. The fourth-order valence-electron chi connectivity index (χ4n) is 3.02. The number of amides is 2. The highest BCUT2D eigenvalue weighted by molar-refractivity contribution is 8.01. The van der Waals surface area contributed by atoms with Gasteiger partial charge in [0.1, 0.15) is 5.00 Å². The summed E-state index contributed by atoms with van der Waals surface area (Å²) in [6.45, 7) is 4.14. The summed E-state index contributed by atoms with van der Waals surface area (Å²) in [4.78, 5) is 37.3. The lowest BCUT2D eigenvalue weighted by molar-refractivity contribution is -0.113. The van der Waals surface area contributed by atoms with Crippen molar-refractivity contribution in [1.29, 1.82) is 0 Å².